The van der Waals surface area contributed by atoms with Gasteiger partial charge in [0.05, 0.1) is 12.8 Å². The Morgan fingerprint density at radius 2 is 1.93 bits per heavy atom. The van der Waals surface area contributed by atoms with Crippen molar-refractivity contribution in [1.82, 2.24) is 9.97 Å². The zero-order valence-corrected chi connectivity index (χ0v) is 9.09. The molecule has 0 aliphatic heterocycles. The summed E-state index contributed by atoms with van der Waals surface area (Å²) in [6.45, 7) is 1.75. The molecule has 0 amide bonds. The highest BCUT2D eigenvalue weighted by Gasteiger charge is 2.22. The average Bonchev–Trinajstić information content (AvgIpc) is 2.69. The summed E-state index contributed by atoms with van der Waals surface area (Å²) in [6.07, 6.45) is 4.54. The molecular weight excluding hydrogens is 195 g/mol. The third-order valence-corrected chi connectivity index (χ3v) is 2.94. The van der Waals surface area contributed by atoms with E-state index < -0.39 is 5.95 Å². The Labute approximate surface area is 88.7 Å². The van der Waals surface area contributed by atoms with Crippen molar-refractivity contribution in [3.63, 3.8) is 0 Å². The van der Waals surface area contributed by atoms with Crippen LogP contribution in [0.15, 0.2) is 0 Å². The summed E-state index contributed by atoms with van der Waals surface area (Å²) in [5.41, 5.74) is 0.590. The van der Waals surface area contributed by atoms with Crippen molar-refractivity contribution >= 4 is 0 Å². The summed E-state index contributed by atoms with van der Waals surface area (Å²) in [6, 6.07) is 0. The molecule has 3 nitrogen and oxygen atoms in total. The van der Waals surface area contributed by atoms with Gasteiger partial charge in [-0.15, -0.1) is 0 Å². The molecule has 0 atom stereocenters. The van der Waals surface area contributed by atoms with E-state index in [0.29, 0.717) is 17.4 Å². The Hall–Kier alpha value is -1.19. The molecule has 1 saturated carbocycles. The Balaban J connectivity index is 2.33. The van der Waals surface area contributed by atoms with Gasteiger partial charge in [0.15, 0.2) is 5.75 Å². The van der Waals surface area contributed by atoms with E-state index in [-0.39, 0.29) is 5.75 Å². The second-order valence-electron chi connectivity index (χ2n) is 3.97. The molecule has 2 rings (SSSR count). The molecule has 0 unspecified atom stereocenters. The Bertz CT molecular complexity index is 339. The minimum absolute atomic E-state index is 0.164. The average molecular weight is 210 g/mol. The van der Waals surface area contributed by atoms with E-state index in [4.69, 9.17) is 4.74 Å². The predicted octanol–water partition coefficient (Wildman–Crippen LogP) is 2.59. The van der Waals surface area contributed by atoms with E-state index in [2.05, 4.69) is 9.97 Å². The van der Waals surface area contributed by atoms with Gasteiger partial charge in [-0.25, -0.2) is 9.97 Å². The summed E-state index contributed by atoms with van der Waals surface area (Å²) in [5.74, 6) is 0.607. The number of hydrogen-bond acceptors (Lipinski definition) is 3. The van der Waals surface area contributed by atoms with Gasteiger partial charge < -0.3 is 4.74 Å². The minimum atomic E-state index is -0.535. The molecule has 15 heavy (non-hydrogen) atoms. The fraction of sp³-hybridized carbons (Fsp3) is 0.636. The number of methoxy groups -OCH3 is 1. The van der Waals surface area contributed by atoms with Gasteiger partial charge in [0, 0.05) is 5.92 Å². The van der Waals surface area contributed by atoms with Gasteiger partial charge >= 0.3 is 0 Å². The number of hydrogen-bond donors (Lipinski definition) is 0. The van der Waals surface area contributed by atoms with Gasteiger partial charge in [-0.05, 0) is 19.8 Å². The first kappa shape index (κ1) is 10.3. The van der Waals surface area contributed by atoms with Gasteiger partial charge in [0.2, 0.25) is 0 Å². The number of rotatable bonds is 2. The van der Waals surface area contributed by atoms with Crippen molar-refractivity contribution in [2.45, 2.75) is 38.5 Å². The quantitative estimate of drug-likeness (QED) is 0.704. The highest BCUT2D eigenvalue weighted by molar-refractivity contribution is 5.25. The summed E-state index contributed by atoms with van der Waals surface area (Å²) in [5, 5.41) is 0. The van der Waals surface area contributed by atoms with Crippen LogP contribution in [-0.2, 0) is 0 Å². The number of ether oxygens (including phenoxy) is 1. The van der Waals surface area contributed by atoms with Crippen LogP contribution in [0.2, 0.25) is 0 Å². The van der Waals surface area contributed by atoms with E-state index in [1.807, 2.05) is 0 Å². The van der Waals surface area contributed by atoms with Crippen molar-refractivity contribution in [1.29, 1.82) is 0 Å². The van der Waals surface area contributed by atoms with Crippen molar-refractivity contribution < 1.29 is 9.13 Å². The third-order valence-electron chi connectivity index (χ3n) is 2.94. The van der Waals surface area contributed by atoms with Crippen LogP contribution >= 0.6 is 0 Å². The summed E-state index contributed by atoms with van der Waals surface area (Å²) in [7, 11) is 1.43. The molecule has 0 bridgehead atoms. The number of aromatic nitrogens is 2. The first-order chi connectivity index (χ1) is 7.22. The normalized spacial score (nSPS) is 17.0. The van der Waals surface area contributed by atoms with E-state index >= 15 is 0 Å². The zero-order chi connectivity index (χ0) is 10.8. The molecular formula is C11H15FN2O. The van der Waals surface area contributed by atoms with Crippen LogP contribution in [-0.4, -0.2) is 17.1 Å². The van der Waals surface area contributed by atoms with Crippen LogP contribution in [0.1, 0.15) is 43.1 Å². The fourth-order valence-electron chi connectivity index (χ4n) is 2.15. The maximum atomic E-state index is 13.5. The molecule has 1 aliphatic carbocycles. The Kier molecular flexibility index (Phi) is 2.84. The number of halogens is 1. The van der Waals surface area contributed by atoms with Crippen LogP contribution in [0.3, 0.4) is 0 Å². The first-order valence-electron chi connectivity index (χ1n) is 5.30. The molecule has 0 saturated heterocycles. The Morgan fingerprint density at radius 3 is 2.47 bits per heavy atom. The summed E-state index contributed by atoms with van der Waals surface area (Å²) >= 11 is 0. The van der Waals surface area contributed by atoms with Crippen molar-refractivity contribution in [2.24, 2.45) is 0 Å². The molecule has 82 valence electrons. The van der Waals surface area contributed by atoms with Gasteiger partial charge in [0.1, 0.15) is 5.82 Å². The zero-order valence-electron chi connectivity index (χ0n) is 9.09. The predicted molar refractivity (Wildman–Crippen MR) is 54.5 cm³/mol. The van der Waals surface area contributed by atoms with Crippen molar-refractivity contribution in [3.8, 4) is 5.75 Å². The monoisotopic (exact) mass is 210 g/mol. The molecule has 4 heteroatoms. The lowest BCUT2D eigenvalue weighted by atomic mass is 10.1. The van der Waals surface area contributed by atoms with Crippen LogP contribution in [0.5, 0.6) is 5.75 Å². The molecule has 1 aliphatic rings. The molecule has 0 N–H and O–H groups in total. The SMILES string of the molecule is COc1c(C)nc(C2CCCC2)nc1F. The lowest BCUT2D eigenvalue weighted by molar-refractivity contribution is 0.367. The van der Waals surface area contributed by atoms with Gasteiger partial charge in [0.25, 0.3) is 5.95 Å². The summed E-state index contributed by atoms with van der Waals surface area (Å²) < 4.78 is 18.4. The molecule has 1 aromatic rings. The molecule has 1 heterocycles. The number of aryl methyl sites for hydroxylation is 1. The molecule has 0 aromatic carbocycles. The van der Waals surface area contributed by atoms with Crippen molar-refractivity contribution in [2.75, 3.05) is 7.11 Å². The van der Waals surface area contributed by atoms with Crippen LogP contribution < -0.4 is 4.74 Å². The van der Waals surface area contributed by atoms with E-state index in [1.54, 1.807) is 6.92 Å². The largest absolute Gasteiger partial charge is 0.490 e. The minimum Gasteiger partial charge on any atom is -0.490 e. The van der Waals surface area contributed by atoms with E-state index in [0.717, 1.165) is 12.8 Å². The fourth-order valence-corrected chi connectivity index (χ4v) is 2.15. The third kappa shape index (κ3) is 1.94. The molecule has 0 spiro atoms. The van der Waals surface area contributed by atoms with Gasteiger partial charge in [-0.2, -0.15) is 4.39 Å². The Morgan fingerprint density at radius 1 is 1.27 bits per heavy atom. The van der Waals surface area contributed by atoms with Gasteiger partial charge in [-0.1, -0.05) is 12.8 Å². The molecule has 1 aromatic heterocycles. The molecule has 1 fully saturated rings. The first-order valence-corrected chi connectivity index (χ1v) is 5.30. The smallest absolute Gasteiger partial charge is 0.258 e. The van der Waals surface area contributed by atoms with Gasteiger partial charge in [-0.3, -0.25) is 0 Å². The highest BCUT2D eigenvalue weighted by atomic mass is 19.1. The van der Waals surface area contributed by atoms with Crippen LogP contribution in [0.25, 0.3) is 0 Å². The standard InChI is InChI=1S/C11H15FN2O/c1-7-9(15-2)10(12)14-11(13-7)8-5-3-4-6-8/h8H,3-6H2,1-2H3. The van der Waals surface area contributed by atoms with Crippen LogP contribution in [0, 0.1) is 12.9 Å². The van der Waals surface area contributed by atoms with Crippen LogP contribution in [0.4, 0.5) is 4.39 Å². The topological polar surface area (TPSA) is 35.0 Å². The maximum Gasteiger partial charge on any atom is 0.258 e. The lowest BCUT2D eigenvalue weighted by Crippen LogP contribution is -2.06. The van der Waals surface area contributed by atoms with E-state index in [9.17, 15) is 4.39 Å². The highest BCUT2D eigenvalue weighted by Crippen LogP contribution is 2.33. The summed E-state index contributed by atoms with van der Waals surface area (Å²) in [4.78, 5) is 8.19. The molecule has 0 radical (unpaired) electrons. The second-order valence-corrected chi connectivity index (χ2v) is 3.97. The van der Waals surface area contributed by atoms with Crippen molar-refractivity contribution in [3.05, 3.63) is 17.5 Å². The maximum absolute atomic E-state index is 13.5. The van der Waals surface area contributed by atoms with E-state index in [1.165, 1.54) is 20.0 Å². The number of nitrogens with zero attached hydrogens (tertiary/aromatic N) is 2. The second kappa shape index (κ2) is 4.13. The lowest BCUT2D eigenvalue weighted by Gasteiger charge is -2.10.